The third kappa shape index (κ3) is 2.88. The Bertz CT molecular complexity index is 849. The van der Waals surface area contributed by atoms with Crippen LogP contribution in [0.2, 0.25) is 0 Å². The van der Waals surface area contributed by atoms with Gasteiger partial charge in [0.25, 0.3) is 0 Å². The summed E-state index contributed by atoms with van der Waals surface area (Å²) in [5.41, 5.74) is 6.90. The van der Waals surface area contributed by atoms with Crippen molar-refractivity contribution in [1.29, 1.82) is 0 Å². The van der Waals surface area contributed by atoms with E-state index < -0.39 is 0 Å². The van der Waals surface area contributed by atoms with E-state index in [1.54, 1.807) is 0 Å². The minimum absolute atomic E-state index is 0.114. The molecule has 0 heterocycles. The summed E-state index contributed by atoms with van der Waals surface area (Å²) in [6.45, 7) is 7.95. The lowest BCUT2D eigenvalue weighted by Crippen LogP contribution is -2.13. The van der Waals surface area contributed by atoms with Crippen molar-refractivity contribution in [3.63, 3.8) is 0 Å². The average molecular weight is 316 g/mol. The van der Waals surface area contributed by atoms with Crippen LogP contribution < -0.4 is 0 Å². The van der Waals surface area contributed by atoms with E-state index in [1.165, 1.54) is 12.2 Å². The van der Waals surface area contributed by atoms with Crippen molar-refractivity contribution >= 4 is 22.7 Å². The molecular weight excluding hydrogens is 296 g/mol. The van der Waals surface area contributed by atoms with Crippen LogP contribution in [0.1, 0.15) is 33.4 Å². The molecule has 3 rings (SSSR count). The second-order valence-corrected chi connectivity index (χ2v) is 6.48. The van der Waals surface area contributed by atoms with Gasteiger partial charge in [-0.3, -0.25) is 9.59 Å². The summed E-state index contributed by atoms with van der Waals surface area (Å²) < 4.78 is 0. The SMILES string of the molecule is Cc1ccc(C2=CC(=O)C(c3ccc(C)cc3C)=CC2=O)c(C)c1. The third-order valence-electron chi connectivity index (χ3n) is 4.43. The first-order valence-corrected chi connectivity index (χ1v) is 8.04. The molecule has 0 fully saturated rings. The number of ketones is 2. The van der Waals surface area contributed by atoms with Crippen LogP contribution in [-0.2, 0) is 9.59 Å². The lowest BCUT2D eigenvalue weighted by atomic mass is 9.86. The van der Waals surface area contributed by atoms with Gasteiger partial charge in [0.1, 0.15) is 0 Å². The van der Waals surface area contributed by atoms with Crippen molar-refractivity contribution in [2.24, 2.45) is 0 Å². The quantitative estimate of drug-likeness (QED) is 0.762. The third-order valence-corrected chi connectivity index (χ3v) is 4.43. The van der Waals surface area contributed by atoms with E-state index in [4.69, 9.17) is 0 Å². The van der Waals surface area contributed by atoms with Gasteiger partial charge in [-0.25, -0.2) is 0 Å². The summed E-state index contributed by atoms with van der Waals surface area (Å²) in [5.74, 6) is -0.229. The Balaban J connectivity index is 2.03. The van der Waals surface area contributed by atoms with Crippen molar-refractivity contribution in [3.8, 4) is 0 Å². The smallest absolute Gasteiger partial charge is 0.187 e. The zero-order chi connectivity index (χ0) is 17.4. The van der Waals surface area contributed by atoms with Crippen LogP contribution >= 0.6 is 0 Å². The Labute approximate surface area is 142 Å². The van der Waals surface area contributed by atoms with E-state index in [-0.39, 0.29) is 11.6 Å². The summed E-state index contributed by atoms with van der Waals surface area (Å²) >= 11 is 0. The van der Waals surface area contributed by atoms with Crippen molar-refractivity contribution in [2.45, 2.75) is 27.7 Å². The molecule has 2 nitrogen and oxygen atoms in total. The van der Waals surface area contributed by atoms with Gasteiger partial charge in [-0.05, 0) is 62.1 Å². The maximum absolute atomic E-state index is 12.6. The zero-order valence-corrected chi connectivity index (χ0v) is 14.4. The van der Waals surface area contributed by atoms with Gasteiger partial charge in [0, 0.05) is 11.1 Å². The molecule has 1 aliphatic rings. The Morgan fingerprint density at radius 3 is 1.29 bits per heavy atom. The molecule has 0 spiro atoms. The molecule has 120 valence electrons. The van der Waals surface area contributed by atoms with E-state index in [9.17, 15) is 9.59 Å². The molecule has 0 atom stereocenters. The van der Waals surface area contributed by atoms with Crippen LogP contribution in [0.4, 0.5) is 0 Å². The lowest BCUT2D eigenvalue weighted by Gasteiger charge is -2.16. The predicted molar refractivity (Wildman–Crippen MR) is 97.8 cm³/mol. The Kier molecular flexibility index (Phi) is 4.06. The molecule has 2 heteroatoms. The van der Waals surface area contributed by atoms with Crippen LogP contribution in [0.5, 0.6) is 0 Å². The summed E-state index contributed by atoms with van der Waals surface area (Å²) in [5, 5.41) is 0. The van der Waals surface area contributed by atoms with E-state index in [0.717, 1.165) is 33.4 Å². The first-order chi connectivity index (χ1) is 11.4. The summed E-state index contributed by atoms with van der Waals surface area (Å²) in [4.78, 5) is 25.3. The summed E-state index contributed by atoms with van der Waals surface area (Å²) in [7, 11) is 0. The number of aryl methyl sites for hydroxylation is 4. The molecule has 1 aliphatic carbocycles. The van der Waals surface area contributed by atoms with Gasteiger partial charge < -0.3 is 0 Å². The highest BCUT2D eigenvalue weighted by atomic mass is 16.1. The van der Waals surface area contributed by atoms with E-state index in [1.807, 2.05) is 64.1 Å². The Morgan fingerprint density at radius 1 is 0.583 bits per heavy atom. The summed E-state index contributed by atoms with van der Waals surface area (Å²) in [6, 6.07) is 11.8. The Morgan fingerprint density at radius 2 is 0.958 bits per heavy atom. The average Bonchev–Trinajstić information content (AvgIpc) is 2.50. The zero-order valence-electron chi connectivity index (χ0n) is 14.4. The van der Waals surface area contributed by atoms with Crippen molar-refractivity contribution in [3.05, 3.63) is 81.9 Å². The fraction of sp³-hybridized carbons (Fsp3) is 0.182. The lowest BCUT2D eigenvalue weighted by molar-refractivity contribution is -0.112. The second kappa shape index (κ2) is 6.04. The minimum atomic E-state index is -0.114. The highest BCUT2D eigenvalue weighted by Crippen LogP contribution is 2.30. The number of hydrogen-bond donors (Lipinski definition) is 0. The van der Waals surface area contributed by atoms with Gasteiger partial charge in [-0.2, -0.15) is 0 Å². The number of carbonyl (C=O) groups is 2. The predicted octanol–water partition coefficient (Wildman–Crippen LogP) is 4.54. The monoisotopic (exact) mass is 316 g/mol. The van der Waals surface area contributed by atoms with Gasteiger partial charge in [-0.15, -0.1) is 0 Å². The number of rotatable bonds is 2. The number of benzene rings is 2. The molecule has 0 amide bonds. The normalized spacial score (nSPS) is 14.5. The first kappa shape index (κ1) is 16.1. The Hall–Kier alpha value is -2.74. The fourth-order valence-electron chi connectivity index (χ4n) is 3.21. The van der Waals surface area contributed by atoms with Crippen molar-refractivity contribution in [2.75, 3.05) is 0 Å². The van der Waals surface area contributed by atoms with Crippen LogP contribution in [-0.4, -0.2) is 11.6 Å². The van der Waals surface area contributed by atoms with Gasteiger partial charge in [0.05, 0.1) is 0 Å². The molecule has 0 aromatic heterocycles. The standard InChI is InChI=1S/C22H20O2/c1-13-5-7-17(15(3)9-13)19-11-22(24)20(12-21(19)23)18-8-6-14(2)10-16(18)4/h5-12H,1-4H3. The van der Waals surface area contributed by atoms with Crippen molar-refractivity contribution < 1.29 is 9.59 Å². The first-order valence-electron chi connectivity index (χ1n) is 8.04. The van der Waals surface area contributed by atoms with Gasteiger partial charge >= 0.3 is 0 Å². The van der Waals surface area contributed by atoms with Crippen LogP contribution in [0, 0.1) is 27.7 Å². The summed E-state index contributed by atoms with van der Waals surface area (Å²) in [6.07, 6.45) is 2.96. The molecule has 0 radical (unpaired) electrons. The second-order valence-electron chi connectivity index (χ2n) is 6.48. The van der Waals surface area contributed by atoms with Gasteiger partial charge in [0.2, 0.25) is 0 Å². The van der Waals surface area contributed by atoms with E-state index >= 15 is 0 Å². The number of carbonyl (C=O) groups excluding carboxylic acids is 2. The van der Waals surface area contributed by atoms with Crippen LogP contribution in [0.15, 0.2) is 48.6 Å². The van der Waals surface area contributed by atoms with E-state index in [0.29, 0.717) is 11.1 Å². The molecular formula is C22H20O2. The van der Waals surface area contributed by atoms with E-state index in [2.05, 4.69) is 0 Å². The molecule has 0 bridgehead atoms. The molecule has 0 unspecified atom stereocenters. The molecule has 24 heavy (non-hydrogen) atoms. The number of allylic oxidation sites excluding steroid dienone is 4. The maximum Gasteiger partial charge on any atom is 0.187 e. The molecule has 2 aromatic rings. The topological polar surface area (TPSA) is 34.1 Å². The fourth-order valence-corrected chi connectivity index (χ4v) is 3.21. The molecule has 0 N–H and O–H groups in total. The van der Waals surface area contributed by atoms with Crippen LogP contribution in [0.3, 0.4) is 0 Å². The molecule has 0 saturated heterocycles. The molecule has 0 saturated carbocycles. The van der Waals surface area contributed by atoms with Gasteiger partial charge in [-0.1, -0.05) is 47.5 Å². The van der Waals surface area contributed by atoms with Crippen molar-refractivity contribution in [1.82, 2.24) is 0 Å². The van der Waals surface area contributed by atoms with Crippen LogP contribution in [0.25, 0.3) is 11.1 Å². The number of hydrogen-bond acceptors (Lipinski definition) is 2. The van der Waals surface area contributed by atoms with Gasteiger partial charge in [0.15, 0.2) is 11.6 Å². The highest BCUT2D eigenvalue weighted by molar-refractivity contribution is 6.44. The highest BCUT2D eigenvalue weighted by Gasteiger charge is 2.24. The molecule has 2 aromatic carbocycles. The minimum Gasteiger partial charge on any atom is -0.289 e. The molecule has 0 aliphatic heterocycles. The maximum atomic E-state index is 12.6. The largest absolute Gasteiger partial charge is 0.289 e.